The predicted molar refractivity (Wildman–Crippen MR) is 52.5 cm³/mol. The topological polar surface area (TPSA) is 59.7 Å². The van der Waals surface area contributed by atoms with Gasteiger partial charge in [-0.2, -0.15) is 0 Å². The lowest BCUT2D eigenvalue weighted by molar-refractivity contribution is -0.137. The van der Waals surface area contributed by atoms with Crippen molar-refractivity contribution in [2.45, 2.75) is 6.10 Å². The summed E-state index contributed by atoms with van der Waals surface area (Å²) in [6.07, 6.45) is -1.17. The van der Waals surface area contributed by atoms with Crippen molar-refractivity contribution >= 4 is 21.9 Å². The Morgan fingerprint density at radius 1 is 1.71 bits per heavy atom. The second kappa shape index (κ2) is 4.43. The summed E-state index contributed by atoms with van der Waals surface area (Å²) in [7, 11) is 1.22. The summed E-state index contributed by atoms with van der Waals surface area (Å²) in [5.74, 6) is -0.419. The monoisotopic (exact) mass is 260 g/mol. The molecule has 1 aromatic rings. The van der Waals surface area contributed by atoms with Crippen LogP contribution in [-0.4, -0.2) is 18.2 Å². The third-order valence-corrected chi connectivity index (χ3v) is 2.07. The zero-order valence-electron chi connectivity index (χ0n) is 7.49. The molecule has 0 saturated heterocycles. The highest BCUT2D eigenvalue weighted by Crippen LogP contribution is 2.25. The van der Waals surface area contributed by atoms with E-state index in [9.17, 15) is 9.90 Å². The summed E-state index contributed by atoms with van der Waals surface area (Å²) in [4.78, 5) is 11.0. The quantitative estimate of drug-likeness (QED) is 0.665. The van der Waals surface area contributed by atoms with Gasteiger partial charge in [-0.3, -0.25) is 0 Å². The fourth-order valence-electron chi connectivity index (χ4n) is 0.890. The molecule has 0 aromatic carbocycles. The van der Waals surface area contributed by atoms with Gasteiger partial charge >= 0.3 is 5.97 Å². The molecule has 0 saturated carbocycles. The molecule has 1 aromatic heterocycles. The van der Waals surface area contributed by atoms with Gasteiger partial charge in [0.2, 0.25) is 0 Å². The van der Waals surface area contributed by atoms with E-state index in [4.69, 9.17) is 4.42 Å². The molecule has 0 fully saturated rings. The van der Waals surface area contributed by atoms with Crippen molar-refractivity contribution < 1.29 is 19.1 Å². The third kappa shape index (κ3) is 2.24. The normalized spacial score (nSPS) is 12.2. The Kier molecular flexibility index (Phi) is 3.49. The Bertz CT molecular complexity index is 355. The average Bonchev–Trinajstić information content (AvgIpc) is 2.61. The van der Waals surface area contributed by atoms with E-state index in [2.05, 4.69) is 27.2 Å². The van der Waals surface area contributed by atoms with E-state index in [0.29, 0.717) is 4.67 Å². The summed E-state index contributed by atoms with van der Waals surface area (Å²) in [5, 5.41) is 9.59. The standard InChI is InChI=1S/C9H9BrO4/c1-5(9(12)13-2)8(11)6-3-4-7(10)14-6/h3-4,8,11H,1H2,2H3. The first-order valence-electron chi connectivity index (χ1n) is 3.76. The number of hydrogen-bond acceptors (Lipinski definition) is 4. The van der Waals surface area contributed by atoms with E-state index in [1.165, 1.54) is 7.11 Å². The predicted octanol–water partition coefficient (Wildman–Crippen LogP) is 1.80. The number of furan rings is 1. The summed E-state index contributed by atoms with van der Waals surface area (Å²) >= 11 is 3.08. The Hall–Kier alpha value is -1.07. The maximum atomic E-state index is 11.0. The summed E-state index contributed by atoms with van der Waals surface area (Å²) in [6.45, 7) is 3.41. The molecule has 0 aliphatic rings. The van der Waals surface area contributed by atoms with Gasteiger partial charge in [-0.25, -0.2) is 4.79 Å². The lowest BCUT2D eigenvalue weighted by atomic mass is 10.1. The minimum atomic E-state index is -1.17. The van der Waals surface area contributed by atoms with Crippen molar-refractivity contribution in [3.05, 3.63) is 34.7 Å². The van der Waals surface area contributed by atoms with E-state index in [-0.39, 0.29) is 11.3 Å². The third-order valence-electron chi connectivity index (χ3n) is 1.64. The molecule has 1 unspecified atom stereocenters. The lowest BCUT2D eigenvalue weighted by Crippen LogP contribution is -2.11. The van der Waals surface area contributed by atoms with Gasteiger partial charge in [0.25, 0.3) is 0 Å². The average molecular weight is 261 g/mol. The molecule has 14 heavy (non-hydrogen) atoms. The van der Waals surface area contributed by atoms with Crippen LogP contribution in [-0.2, 0) is 9.53 Å². The van der Waals surface area contributed by atoms with E-state index < -0.39 is 12.1 Å². The van der Waals surface area contributed by atoms with Crippen LogP contribution in [0.1, 0.15) is 11.9 Å². The summed E-state index contributed by atoms with van der Waals surface area (Å²) in [6, 6.07) is 3.16. The van der Waals surface area contributed by atoms with Crippen LogP contribution in [0.15, 0.2) is 33.4 Å². The minimum absolute atomic E-state index is 0.0608. The smallest absolute Gasteiger partial charge is 0.336 e. The van der Waals surface area contributed by atoms with Gasteiger partial charge < -0.3 is 14.3 Å². The van der Waals surface area contributed by atoms with Gasteiger partial charge in [0.05, 0.1) is 12.7 Å². The molecular weight excluding hydrogens is 252 g/mol. The zero-order chi connectivity index (χ0) is 10.7. The van der Waals surface area contributed by atoms with Crippen LogP contribution < -0.4 is 0 Å². The number of halogens is 1. The van der Waals surface area contributed by atoms with Crippen LogP contribution in [0.3, 0.4) is 0 Å². The van der Waals surface area contributed by atoms with Gasteiger partial charge in [0.1, 0.15) is 11.9 Å². The van der Waals surface area contributed by atoms with Gasteiger partial charge in [0.15, 0.2) is 4.67 Å². The molecule has 76 valence electrons. The summed E-state index contributed by atoms with van der Waals surface area (Å²) in [5.41, 5.74) is -0.0608. The van der Waals surface area contributed by atoms with E-state index >= 15 is 0 Å². The number of hydrogen-bond donors (Lipinski definition) is 1. The first-order chi connectivity index (χ1) is 6.56. The SMILES string of the molecule is C=C(C(=O)OC)C(O)c1ccc(Br)o1. The number of aliphatic hydroxyl groups is 1. The molecule has 0 spiro atoms. The number of carbonyl (C=O) groups excluding carboxylic acids is 1. The van der Waals surface area contributed by atoms with Crippen LogP contribution in [0, 0.1) is 0 Å². The number of ether oxygens (including phenoxy) is 1. The highest BCUT2D eigenvalue weighted by atomic mass is 79.9. The number of esters is 1. The number of rotatable bonds is 3. The molecule has 0 amide bonds. The molecular formula is C9H9BrO4. The molecule has 0 bridgehead atoms. The van der Waals surface area contributed by atoms with Crippen LogP contribution in [0.4, 0.5) is 0 Å². The Morgan fingerprint density at radius 2 is 2.36 bits per heavy atom. The fraction of sp³-hybridized carbons (Fsp3) is 0.222. The minimum Gasteiger partial charge on any atom is -0.466 e. The largest absolute Gasteiger partial charge is 0.466 e. The van der Waals surface area contributed by atoms with Gasteiger partial charge in [0, 0.05) is 0 Å². The molecule has 1 heterocycles. The lowest BCUT2D eigenvalue weighted by Gasteiger charge is -2.08. The van der Waals surface area contributed by atoms with Crippen molar-refractivity contribution in [2.24, 2.45) is 0 Å². The zero-order valence-corrected chi connectivity index (χ0v) is 9.08. The Morgan fingerprint density at radius 3 is 2.79 bits per heavy atom. The van der Waals surface area contributed by atoms with Crippen molar-refractivity contribution in [3.63, 3.8) is 0 Å². The number of carbonyl (C=O) groups is 1. The first-order valence-corrected chi connectivity index (χ1v) is 4.56. The number of methoxy groups -OCH3 is 1. The molecule has 1 N–H and O–H groups in total. The highest BCUT2D eigenvalue weighted by Gasteiger charge is 2.21. The van der Waals surface area contributed by atoms with Crippen LogP contribution >= 0.6 is 15.9 Å². The summed E-state index contributed by atoms with van der Waals surface area (Å²) < 4.78 is 9.94. The molecule has 0 aliphatic heterocycles. The highest BCUT2D eigenvalue weighted by molar-refractivity contribution is 9.10. The van der Waals surface area contributed by atoms with Crippen LogP contribution in [0.5, 0.6) is 0 Å². The van der Waals surface area contributed by atoms with Crippen molar-refractivity contribution in [1.29, 1.82) is 0 Å². The Labute approximate surface area is 89.3 Å². The molecule has 1 rings (SSSR count). The van der Waals surface area contributed by atoms with Crippen molar-refractivity contribution in [1.82, 2.24) is 0 Å². The molecule has 1 atom stereocenters. The molecule has 0 radical (unpaired) electrons. The fourth-order valence-corrected chi connectivity index (χ4v) is 1.21. The maximum absolute atomic E-state index is 11.0. The van der Waals surface area contributed by atoms with E-state index in [0.717, 1.165) is 0 Å². The Balaban J connectivity index is 2.80. The van der Waals surface area contributed by atoms with Crippen LogP contribution in [0.25, 0.3) is 0 Å². The maximum Gasteiger partial charge on any atom is 0.336 e. The molecule has 0 aliphatic carbocycles. The second-order valence-electron chi connectivity index (χ2n) is 2.56. The first kappa shape index (κ1) is 11.0. The molecule has 5 heteroatoms. The van der Waals surface area contributed by atoms with Gasteiger partial charge in [-0.05, 0) is 28.1 Å². The van der Waals surface area contributed by atoms with Crippen molar-refractivity contribution in [2.75, 3.05) is 7.11 Å². The number of aliphatic hydroxyl groups excluding tert-OH is 1. The van der Waals surface area contributed by atoms with E-state index in [1.54, 1.807) is 12.1 Å². The van der Waals surface area contributed by atoms with Gasteiger partial charge in [-0.1, -0.05) is 6.58 Å². The van der Waals surface area contributed by atoms with Gasteiger partial charge in [-0.15, -0.1) is 0 Å². The molecule has 4 nitrogen and oxygen atoms in total. The second-order valence-corrected chi connectivity index (χ2v) is 3.34. The van der Waals surface area contributed by atoms with Crippen molar-refractivity contribution in [3.8, 4) is 0 Å². The van der Waals surface area contributed by atoms with E-state index in [1.807, 2.05) is 0 Å². The van der Waals surface area contributed by atoms with Crippen LogP contribution in [0.2, 0.25) is 0 Å².